The van der Waals surface area contributed by atoms with E-state index in [4.69, 9.17) is 5.73 Å². The van der Waals surface area contributed by atoms with Crippen LogP contribution in [0.2, 0.25) is 0 Å². The summed E-state index contributed by atoms with van der Waals surface area (Å²) in [5.41, 5.74) is 7.78. The van der Waals surface area contributed by atoms with Crippen LogP contribution < -0.4 is 5.73 Å². The van der Waals surface area contributed by atoms with E-state index in [0.29, 0.717) is 18.5 Å². The molecule has 2 aromatic rings. The third-order valence-corrected chi connectivity index (χ3v) is 2.86. The summed E-state index contributed by atoms with van der Waals surface area (Å²) in [7, 11) is 1.90. The second-order valence-corrected chi connectivity index (χ2v) is 4.04. The standard InChI is InChI=1S/C13H16FN3/c1-9-13(10-5-3-4-6-11(10)14)17(2)12(16-9)7-8-15/h3-6H,7-8,15H2,1-2H3. The molecule has 0 unspecified atom stereocenters. The van der Waals surface area contributed by atoms with Gasteiger partial charge < -0.3 is 10.3 Å². The molecule has 0 spiro atoms. The average Bonchev–Trinajstić information content (AvgIpc) is 2.57. The molecule has 0 aliphatic rings. The minimum absolute atomic E-state index is 0.224. The summed E-state index contributed by atoms with van der Waals surface area (Å²) >= 11 is 0. The van der Waals surface area contributed by atoms with Crippen LogP contribution in [0.25, 0.3) is 11.3 Å². The van der Waals surface area contributed by atoms with E-state index in [1.54, 1.807) is 12.1 Å². The second kappa shape index (κ2) is 4.67. The molecule has 0 aliphatic heterocycles. The van der Waals surface area contributed by atoms with Crippen LogP contribution in [0.5, 0.6) is 0 Å². The van der Waals surface area contributed by atoms with Gasteiger partial charge in [0.1, 0.15) is 11.6 Å². The fourth-order valence-electron chi connectivity index (χ4n) is 2.07. The predicted octanol–water partition coefficient (Wildman–Crippen LogP) is 2.04. The Morgan fingerprint density at radius 1 is 1.35 bits per heavy atom. The molecule has 0 fully saturated rings. The molecule has 2 N–H and O–H groups in total. The molecule has 1 aromatic heterocycles. The number of imidazole rings is 1. The van der Waals surface area contributed by atoms with Gasteiger partial charge in [0.2, 0.25) is 0 Å². The van der Waals surface area contributed by atoms with Gasteiger partial charge in [-0.15, -0.1) is 0 Å². The van der Waals surface area contributed by atoms with Crippen LogP contribution in [-0.4, -0.2) is 16.1 Å². The van der Waals surface area contributed by atoms with Gasteiger partial charge >= 0.3 is 0 Å². The lowest BCUT2D eigenvalue weighted by molar-refractivity contribution is 0.629. The van der Waals surface area contributed by atoms with Crippen molar-refractivity contribution in [3.63, 3.8) is 0 Å². The Labute approximate surface area is 100 Å². The molecule has 0 saturated heterocycles. The highest BCUT2D eigenvalue weighted by atomic mass is 19.1. The first-order chi connectivity index (χ1) is 8.15. The van der Waals surface area contributed by atoms with Gasteiger partial charge in [-0.3, -0.25) is 0 Å². The van der Waals surface area contributed by atoms with Crippen molar-refractivity contribution in [1.82, 2.24) is 9.55 Å². The van der Waals surface area contributed by atoms with Gasteiger partial charge in [0.25, 0.3) is 0 Å². The van der Waals surface area contributed by atoms with E-state index >= 15 is 0 Å². The van der Waals surface area contributed by atoms with E-state index in [2.05, 4.69) is 4.98 Å². The lowest BCUT2D eigenvalue weighted by atomic mass is 10.1. The van der Waals surface area contributed by atoms with Crippen molar-refractivity contribution >= 4 is 0 Å². The maximum absolute atomic E-state index is 13.8. The lowest BCUT2D eigenvalue weighted by Gasteiger charge is -2.07. The van der Waals surface area contributed by atoms with E-state index in [-0.39, 0.29) is 5.82 Å². The summed E-state index contributed by atoms with van der Waals surface area (Å²) in [4.78, 5) is 4.43. The Bertz CT molecular complexity index is 531. The molecule has 1 aromatic carbocycles. The predicted molar refractivity (Wildman–Crippen MR) is 66.1 cm³/mol. The molecule has 0 amide bonds. The fourth-order valence-corrected chi connectivity index (χ4v) is 2.07. The Morgan fingerprint density at radius 3 is 2.71 bits per heavy atom. The maximum Gasteiger partial charge on any atom is 0.132 e. The summed E-state index contributed by atoms with van der Waals surface area (Å²) in [6.45, 7) is 2.43. The number of halogens is 1. The Balaban J connectivity index is 2.56. The zero-order valence-electron chi connectivity index (χ0n) is 10.1. The average molecular weight is 233 g/mol. The van der Waals surface area contributed by atoms with Crippen molar-refractivity contribution < 1.29 is 4.39 Å². The van der Waals surface area contributed by atoms with Gasteiger partial charge in [0.05, 0.1) is 11.4 Å². The monoisotopic (exact) mass is 233 g/mol. The first-order valence-corrected chi connectivity index (χ1v) is 5.62. The topological polar surface area (TPSA) is 43.8 Å². The van der Waals surface area contributed by atoms with Crippen LogP contribution in [0, 0.1) is 12.7 Å². The van der Waals surface area contributed by atoms with Gasteiger partial charge in [-0.2, -0.15) is 0 Å². The highest BCUT2D eigenvalue weighted by Gasteiger charge is 2.15. The van der Waals surface area contributed by atoms with Crippen molar-refractivity contribution in [1.29, 1.82) is 0 Å². The Kier molecular flexibility index (Phi) is 3.24. The van der Waals surface area contributed by atoms with Crippen molar-refractivity contribution in [2.75, 3.05) is 6.54 Å². The molecule has 1 heterocycles. The summed E-state index contributed by atoms with van der Waals surface area (Å²) in [5.74, 6) is 0.668. The number of hydrogen-bond donors (Lipinski definition) is 1. The SMILES string of the molecule is Cc1nc(CCN)n(C)c1-c1ccccc1F. The zero-order valence-corrected chi connectivity index (χ0v) is 10.1. The first-order valence-electron chi connectivity index (χ1n) is 5.62. The van der Waals surface area contributed by atoms with Gasteiger partial charge in [-0.05, 0) is 25.6 Å². The number of aromatic nitrogens is 2. The number of nitrogens with zero attached hydrogens (tertiary/aromatic N) is 2. The third kappa shape index (κ3) is 2.08. The minimum atomic E-state index is -0.224. The lowest BCUT2D eigenvalue weighted by Crippen LogP contribution is -2.08. The number of rotatable bonds is 3. The van der Waals surface area contributed by atoms with Crippen molar-refractivity contribution in [2.45, 2.75) is 13.3 Å². The van der Waals surface area contributed by atoms with Crippen molar-refractivity contribution in [2.24, 2.45) is 12.8 Å². The van der Waals surface area contributed by atoms with E-state index in [9.17, 15) is 4.39 Å². The first kappa shape index (κ1) is 11.8. The van der Waals surface area contributed by atoms with E-state index in [1.807, 2.05) is 24.6 Å². The molecule has 17 heavy (non-hydrogen) atoms. The molecule has 0 saturated carbocycles. The number of hydrogen-bond acceptors (Lipinski definition) is 2. The van der Waals surface area contributed by atoms with E-state index < -0.39 is 0 Å². The summed E-state index contributed by atoms with van der Waals surface area (Å²) in [6.07, 6.45) is 0.700. The summed E-state index contributed by atoms with van der Waals surface area (Å²) < 4.78 is 15.7. The highest BCUT2D eigenvalue weighted by Crippen LogP contribution is 2.26. The van der Waals surface area contributed by atoms with Crippen LogP contribution in [-0.2, 0) is 13.5 Å². The Morgan fingerprint density at radius 2 is 2.06 bits per heavy atom. The molecule has 0 bridgehead atoms. The molecular formula is C13H16FN3. The van der Waals surface area contributed by atoms with E-state index in [1.165, 1.54) is 6.07 Å². The Hall–Kier alpha value is -1.68. The number of nitrogens with two attached hydrogens (primary N) is 1. The quantitative estimate of drug-likeness (QED) is 0.881. The van der Waals surface area contributed by atoms with Crippen LogP contribution in [0.15, 0.2) is 24.3 Å². The van der Waals surface area contributed by atoms with Gasteiger partial charge in [0.15, 0.2) is 0 Å². The van der Waals surface area contributed by atoms with Crippen LogP contribution in [0.1, 0.15) is 11.5 Å². The normalized spacial score (nSPS) is 10.8. The van der Waals surface area contributed by atoms with Gasteiger partial charge in [0, 0.05) is 19.0 Å². The van der Waals surface area contributed by atoms with Crippen molar-refractivity contribution in [3.05, 3.63) is 41.6 Å². The smallest absolute Gasteiger partial charge is 0.132 e. The molecule has 2 rings (SSSR count). The van der Waals surface area contributed by atoms with Crippen LogP contribution in [0.4, 0.5) is 4.39 Å². The molecule has 0 aliphatic carbocycles. The van der Waals surface area contributed by atoms with Gasteiger partial charge in [-0.25, -0.2) is 9.37 Å². The maximum atomic E-state index is 13.8. The third-order valence-electron chi connectivity index (χ3n) is 2.86. The molecule has 90 valence electrons. The van der Waals surface area contributed by atoms with Crippen LogP contribution >= 0.6 is 0 Å². The largest absolute Gasteiger partial charge is 0.331 e. The molecule has 4 heteroatoms. The zero-order chi connectivity index (χ0) is 12.4. The number of benzene rings is 1. The highest BCUT2D eigenvalue weighted by molar-refractivity contribution is 5.63. The molecule has 3 nitrogen and oxygen atoms in total. The van der Waals surface area contributed by atoms with Crippen molar-refractivity contribution in [3.8, 4) is 11.3 Å². The van der Waals surface area contributed by atoms with Gasteiger partial charge in [-0.1, -0.05) is 12.1 Å². The molecule has 0 radical (unpaired) electrons. The fraction of sp³-hybridized carbons (Fsp3) is 0.308. The number of aryl methyl sites for hydroxylation is 1. The van der Waals surface area contributed by atoms with E-state index in [0.717, 1.165) is 17.2 Å². The minimum Gasteiger partial charge on any atom is -0.331 e. The summed E-state index contributed by atoms with van der Waals surface area (Å²) in [6, 6.07) is 6.74. The van der Waals surface area contributed by atoms with Crippen LogP contribution in [0.3, 0.4) is 0 Å². The second-order valence-electron chi connectivity index (χ2n) is 4.04. The molecular weight excluding hydrogens is 217 g/mol. The molecule has 0 atom stereocenters. The summed E-state index contributed by atoms with van der Waals surface area (Å²) in [5, 5.41) is 0.